The first kappa shape index (κ1) is 25.1. The molecule has 1 aliphatic rings. The third-order valence-corrected chi connectivity index (χ3v) is 6.14. The second-order valence-electron chi connectivity index (χ2n) is 7.98. The van der Waals surface area contributed by atoms with Crippen molar-refractivity contribution in [2.45, 2.75) is 19.5 Å². The molecular formula is C27H25ClN2O6. The van der Waals surface area contributed by atoms with Crippen molar-refractivity contribution in [3.63, 3.8) is 0 Å². The number of carbonyl (C=O) groups excluding carboxylic acids is 2. The third-order valence-electron chi connectivity index (χ3n) is 5.84. The first-order chi connectivity index (χ1) is 17.4. The van der Waals surface area contributed by atoms with Crippen LogP contribution in [-0.2, 0) is 16.1 Å². The number of pyridine rings is 1. The van der Waals surface area contributed by atoms with Gasteiger partial charge >= 0.3 is 0 Å². The Labute approximate surface area is 213 Å². The van der Waals surface area contributed by atoms with E-state index in [0.29, 0.717) is 29.4 Å². The summed E-state index contributed by atoms with van der Waals surface area (Å²) < 4.78 is 16.2. The number of benzene rings is 2. The lowest BCUT2D eigenvalue weighted by Crippen LogP contribution is -2.29. The molecule has 4 rings (SSSR count). The first-order valence-electron chi connectivity index (χ1n) is 11.2. The topological polar surface area (TPSA) is 98.2 Å². The van der Waals surface area contributed by atoms with Gasteiger partial charge < -0.3 is 24.2 Å². The first-order valence-corrected chi connectivity index (χ1v) is 11.6. The van der Waals surface area contributed by atoms with Crippen LogP contribution in [0.4, 0.5) is 0 Å². The van der Waals surface area contributed by atoms with Gasteiger partial charge in [-0.25, -0.2) is 0 Å². The van der Waals surface area contributed by atoms with E-state index in [9.17, 15) is 14.7 Å². The van der Waals surface area contributed by atoms with Gasteiger partial charge in [-0.15, -0.1) is 0 Å². The number of aromatic nitrogens is 1. The van der Waals surface area contributed by atoms with Crippen LogP contribution in [0.5, 0.6) is 17.2 Å². The van der Waals surface area contributed by atoms with Crippen LogP contribution in [0, 0.1) is 0 Å². The van der Waals surface area contributed by atoms with Crippen molar-refractivity contribution in [1.82, 2.24) is 9.88 Å². The molecule has 3 aromatic rings. The molecule has 1 saturated heterocycles. The second kappa shape index (κ2) is 10.7. The summed E-state index contributed by atoms with van der Waals surface area (Å²) in [5.41, 5.74) is 1.52. The number of amides is 1. The Bertz CT molecular complexity index is 1330. The van der Waals surface area contributed by atoms with E-state index in [4.69, 9.17) is 25.8 Å². The number of rotatable bonds is 8. The summed E-state index contributed by atoms with van der Waals surface area (Å²) in [6.45, 7) is 2.36. The van der Waals surface area contributed by atoms with Crippen LogP contribution in [0.25, 0.3) is 5.76 Å². The highest BCUT2D eigenvalue weighted by atomic mass is 35.5. The summed E-state index contributed by atoms with van der Waals surface area (Å²) in [7, 11) is 3.01. The number of ether oxygens (including phenoxy) is 3. The zero-order valence-corrected chi connectivity index (χ0v) is 20.8. The van der Waals surface area contributed by atoms with Gasteiger partial charge in [-0.05, 0) is 54.4 Å². The highest BCUT2D eigenvalue weighted by Crippen LogP contribution is 2.43. The summed E-state index contributed by atoms with van der Waals surface area (Å²) in [5, 5.41) is 11.6. The van der Waals surface area contributed by atoms with Crippen LogP contribution < -0.4 is 14.2 Å². The lowest BCUT2D eigenvalue weighted by atomic mass is 9.94. The number of aliphatic hydroxyl groups is 1. The molecule has 1 aromatic heterocycles. The number of hydrogen-bond acceptors (Lipinski definition) is 7. The van der Waals surface area contributed by atoms with Gasteiger partial charge in [-0.2, -0.15) is 0 Å². The molecule has 2 aromatic carbocycles. The van der Waals surface area contributed by atoms with E-state index in [0.717, 1.165) is 5.56 Å². The number of nitrogens with zero attached hydrogens (tertiary/aromatic N) is 2. The number of hydrogen-bond donors (Lipinski definition) is 1. The molecule has 0 unspecified atom stereocenters. The highest BCUT2D eigenvalue weighted by molar-refractivity contribution is 6.46. The largest absolute Gasteiger partial charge is 0.507 e. The molecule has 1 N–H and O–H groups in total. The van der Waals surface area contributed by atoms with Gasteiger partial charge in [0.1, 0.15) is 11.5 Å². The average Bonchev–Trinajstić information content (AvgIpc) is 3.14. The monoisotopic (exact) mass is 508 g/mol. The molecule has 0 saturated carbocycles. The number of carbonyl (C=O) groups is 2. The van der Waals surface area contributed by atoms with Crippen molar-refractivity contribution in [2.75, 3.05) is 20.8 Å². The number of likely N-dealkylation sites (tertiary alicyclic amines) is 1. The Morgan fingerprint density at radius 1 is 1.06 bits per heavy atom. The third kappa shape index (κ3) is 4.72. The summed E-state index contributed by atoms with van der Waals surface area (Å²) in [5.74, 6) is -0.524. The zero-order valence-electron chi connectivity index (χ0n) is 20.0. The Morgan fingerprint density at radius 2 is 1.81 bits per heavy atom. The average molecular weight is 509 g/mol. The fourth-order valence-electron chi connectivity index (χ4n) is 4.18. The van der Waals surface area contributed by atoms with E-state index in [2.05, 4.69) is 4.98 Å². The van der Waals surface area contributed by atoms with Crippen LogP contribution in [0.1, 0.15) is 29.7 Å². The predicted molar refractivity (Wildman–Crippen MR) is 134 cm³/mol. The number of Topliss-reactive ketones (excluding diaryl/α,β-unsaturated/α-hetero) is 1. The summed E-state index contributed by atoms with van der Waals surface area (Å²) in [4.78, 5) is 32.0. The Morgan fingerprint density at radius 3 is 2.44 bits per heavy atom. The van der Waals surface area contributed by atoms with Crippen molar-refractivity contribution in [3.8, 4) is 17.2 Å². The van der Waals surface area contributed by atoms with Crippen molar-refractivity contribution < 1.29 is 28.9 Å². The minimum Gasteiger partial charge on any atom is -0.507 e. The second-order valence-corrected chi connectivity index (χ2v) is 8.39. The number of methoxy groups -OCH3 is 2. The van der Waals surface area contributed by atoms with Crippen LogP contribution in [0.15, 0.2) is 66.5 Å². The smallest absolute Gasteiger partial charge is 0.295 e. The maximum Gasteiger partial charge on any atom is 0.295 e. The standard InChI is InChI=1S/C27H25ClN2O6/c1-4-36-20-9-8-18(12-19(20)28)25(31)23-24(17-7-10-21(34-2)22(13-17)35-3)30(27(33)26(23)32)15-16-6-5-11-29-14-16/h5-14,24,31H,4,15H2,1-3H3/b25-23+/t24-/m1/s1. The van der Waals surface area contributed by atoms with E-state index in [1.807, 2.05) is 13.0 Å². The van der Waals surface area contributed by atoms with Gasteiger partial charge in [0, 0.05) is 24.5 Å². The fraction of sp³-hybridized carbons (Fsp3) is 0.222. The van der Waals surface area contributed by atoms with Gasteiger partial charge in [-0.1, -0.05) is 23.7 Å². The number of ketones is 1. The minimum atomic E-state index is -0.893. The molecule has 9 heteroatoms. The Balaban J connectivity index is 1.88. The molecule has 1 fully saturated rings. The van der Waals surface area contributed by atoms with E-state index in [1.165, 1.54) is 25.2 Å². The van der Waals surface area contributed by atoms with E-state index in [1.54, 1.807) is 48.8 Å². The zero-order chi connectivity index (χ0) is 25.8. The van der Waals surface area contributed by atoms with Gasteiger partial charge in [0.2, 0.25) is 0 Å². The van der Waals surface area contributed by atoms with Crippen LogP contribution >= 0.6 is 11.6 Å². The molecule has 2 heterocycles. The van der Waals surface area contributed by atoms with Crippen LogP contribution in [0.2, 0.25) is 5.02 Å². The molecule has 0 aliphatic carbocycles. The van der Waals surface area contributed by atoms with E-state index in [-0.39, 0.29) is 28.5 Å². The molecule has 0 radical (unpaired) electrons. The van der Waals surface area contributed by atoms with Gasteiger partial charge in [0.05, 0.1) is 37.5 Å². The summed E-state index contributed by atoms with van der Waals surface area (Å²) >= 11 is 6.33. The van der Waals surface area contributed by atoms with Crippen molar-refractivity contribution >= 4 is 29.1 Å². The van der Waals surface area contributed by atoms with Crippen molar-refractivity contribution in [2.24, 2.45) is 0 Å². The number of aliphatic hydroxyl groups excluding tert-OH is 1. The molecule has 0 bridgehead atoms. The molecular weight excluding hydrogens is 484 g/mol. The molecule has 1 atom stereocenters. The maximum atomic E-state index is 13.3. The van der Waals surface area contributed by atoms with Gasteiger partial charge in [-0.3, -0.25) is 14.6 Å². The predicted octanol–water partition coefficient (Wildman–Crippen LogP) is 4.77. The number of halogens is 1. The van der Waals surface area contributed by atoms with E-state index >= 15 is 0 Å². The molecule has 1 aliphatic heterocycles. The fourth-order valence-corrected chi connectivity index (χ4v) is 4.41. The molecule has 186 valence electrons. The van der Waals surface area contributed by atoms with Crippen LogP contribution in [0.3, 0.4) is 0 Å². The normalized spacial score (nSPS) is 16.8. The Hall–Kier alpha value is -4.04. The SMILES string of the molecule is CCOc1ccc(/C(O)=C2\C(=O)C(=O)N(Cc3cccnc3)[C@@H]2c2ccc(OC)c(OC)c2)cc1Cl. The Kier molecular flexibility index (Phi) is 7.45. The lowest BCUT2D eigenvalue weighted by molar-refractivity contribution is -0.140. The van der Waals surface area contributed by atoms with Gasteiger partial charge in [0.15, 0.2) is 11.5 Å². The molecule has 0 spiro atoms. The molecule has 1 amide bonds. The quantitative estimate of drug-likeness (QED) is 0.266. The molecule has 36 heavy (non-hydrogen) atoms. The lowest BCUT2D eigenvalue weighted by Gasteiger charge is -2.26. The van der Waals surface area contributed by atoms with Crippen molar-refractivity contribution in [1.29, 1.82) is 0 Å². The van der Waals surface area contributed by atoms with Gasteiger partial charge in [0.25, 0.3) is 11.7 Å². The van der Waals surface area contributed by atoms with E-state index < -0.39 is 17.7 Å². The summed E-state index contributed by atoms with van der Waals surface area (Å²) in [6, 6.07) is 12.5. The highest BCUT2D eigenvalue weighted by Gasteiger charge is 2.46. The molecule has 8 nitrogen and oxygen atoms in total. The maximum absolute atomic E-state index is 13.3. The summed E-state index contributed by atoms with van der Waals surface area (Å²) in [6.07, 6.45) is 3.25. The van der Waals surface area contributed by atoms with Crippen LogP contribution in [-0.4, -0.2) is 47.5 Å². The minimum absolute atomic E-state index is 0.0589. The van der Waals surface area contributed by atoms with Crippen molar-refractivity contribution in [3.05, 3.63) is 88.2 Å².